The normalized spacial score (nSPS) is 19.0. The number of likely N-dealkylation sites (N-methyl/N-ethyl adjacent to an activating group) is 1. The van der Waals surface area contributed by atoms with Crippen molar-refractivity contribution in [2.24, 2.45) is 0 Å². The topological polar surface area (TPSA) is 23.6 Å². The fraction of sp³-hybridized carbons (Fsp3) is 0.316. The third-order valence-corrected chi connectivity index (χ3v) is 4.58. The van der Waals surface area contributed by atoms with Crippen LogP contribution in [0.5, 0.6) is 0 Å². The van der Waals surface area contributed by atoms with Gasteiger partial charge in [-0.1, -0.05) is 30.3 Å². The molecule has 3 nitrogen and oxygen atoms in total. The monoisotopic (exact) mass is 348 g/mol. The molecule has 1 fully saturated rings. The molecule has 1 atom stereocenters. The highest BCUT2D eigenvalue weighted by atomic mass is 19.4. The maximum atomic E-state index is 12.7. The minimum absolute atomic E-state index is 0.0772. The molecule has 1 heterocycles. The van der Waals surface area contributed by atoms with E-state index in [4.69, 9.17) is 0 Å². The van der Waals surface area contributed by atoms with Crippen LogP contribution in [-0.4, -0.2) is 42.4 Å². The number of amides is 1. The van der Waals surface area contributed by atoms with Gasteiger partial charge in [-0.2, -0.15) is 13.2 Å². The van der Waals surface area contributed by atoms with Crippen molar-refractivity contribution in [2.75, 3.05) is 26.7 Å². The molecule has 1 unspecified atom stereocenters. The lowest BCUT2D eigenvalue weighted by Gasteiger charge is -2.39. The Balaban J connectivity index is 1.76. The number of carbonyl (C=O) groups is 1. The fourth-order valence-electron chi connectivity index (χ4n) is 3.08. The van der Waals surface area contributed by atoms with E-state index in [0.29, 0.717) is 19.6 Å². The molecule has 0 radical (unpaired) electrons. The number of alkyl halides is 3. The van der Waals surface area contributed by atoms with Gasteiger partial charge in [0.15, 0.2) is 0 Å². The zero-order chi connectivity index (χ0) is 18.0. The van der Waals surface area contributed by atoms with Gasteiger partial charge < -0.3 is 4.90 Å². The van der Waals surface area contributed by atoms with E-state index in [1.807, 2.05) is 37.4 Å². The molecule has 3 rings (SSSR count). The maximum Gasteiger partial charge on any atom is 0.416 e. The van der Waals surface area contributed by atoms with Crippen molar-refractivity contribution in [2.45, 2.75) is 12.2 Å². The zero-order valence-electron chi connectivity index (χ0n) is 13.8. The number of hydrogen-bond donors (Lipinski definition) is 0. The van der Waals surface area contributed by atoms with Crippen LogP contribution in [-0.2, 0) is 6.18 Å². The number of carbonyl (C=O) groups excluding carboxylic acids is 1. The van der Waals surface area contributed by atoms with Crippen molar-refractivity contribution in [1.82, 2.24) is 9.80 Å². The van der Waals surface area contributed by atoms with Crippen molar-refractivity contribution in [3.63, 3.8) is 0 Å². The number of halogens is 3. The van der Waals surface area contributed by atoms with Crippen molar-refractivity contribution in [3.05, 3.63) is 71.3 Å². The summed E-state index contributed by atoms with van der Waals surface area (Å²) in [5, 5.41) is 0. The Morgan fingerprint density at radius 2 is 1.64 bits per heavy atom. The molecule has 0 N–H and O–H groups in total. The summed E-state index contributed by atoms with van der Waals surface area (Å²) in [6.45, 7) is 1.78. The molecule has 6 heteroatoms. The summed E-state index contributed by atoms with van der Waals surface area (Å²) in [7, 11) is 2.01. The minimum Gasteiger partial charge on any atom is -0.335 e. The van der Waals surface area contributed by atoms with Crippen molar-refractivity contribution >= 4 is 5.91 Å². The Morgan fingerprint density at radius 1 is 1.00 bits per heavy atom. The Hall–Kier alpha value is -2.34. The molecule has 2 aromatic carbocycles. The molecule has 132 valence electrons. The van der Waals surface area contributed by atoms with E-state index in [-0.39, 0.29) is 17.5 Å². The van der Waals surface area contributed by atoms with E-state index < -0.39 is 11.7 Å². The molecule has 1 saturated heterocycles. The molecule has 1 amide bonds. The minimum atomic E-state index is -4.40. The van der Waals surface area contributed by atoms with Crippen LogP contribution in [0.25, 0.3) is 0 Å². The van der Waals surface area contributed by atoms with Crippen LogP contribution >= 0.6 is 0 Å². The summed E-state index contributed by atoms with van der Waals surface area (Å²) in [4.78, 5) is 16.6. The average molecular weight is 348 g/mol. The van der Waals surface area contributed by atoms with Gasteiger partial charge in [-0.25, -0.2) is 0 Å². The maximum absolute atomic E-state index is 12.7. The van der Waals surface area contributed by atoms with E-state index in [2.05, 4.69) is 4.90 Å². The van der Waals surface area contributed by atoms with Crippen LogP contribution in [0.2, 0.25) is 0 Å². The highest BCUT2D eigenvalue weighted by molar-refractivity contribution is 5.94. The molecular weight excluding hydrogens is 329 g/mol. The second kappa shape index (κ2) is 6.88. The summed E-state index contributed by atoms with van der Waals surface area (Å²) >= 11 is 0. The molecular formula is C19H19F3N2O. The van der Waals surface area contributed by atoms with Gasteiger partial charge in [-0.05, 0) is 36.9 Å². The summed E-state index contributed by atoms with van der Waals surface area (Å²) in [5.41, 5.74) is 0.656. The van der Waals surface area contributed by atoms with Crippen molar-refractivity contribution < 1.29 is 18.0 Å². The van der Waals surface area contributed by atoms with Gasteiger partial charge >= 0.3 is 6.18 Å². The van der Waals surface area contributed by atoms with Crippen LogP contribution in [0, 0.1) is 0 Å². The molecule has 0 aliphatic carbocycles. The van der Waals surface area contributed by atoms with E-state index in [9.17, 15) is 18.0 Å². The lowest BCUT2D eigenvalue weighted by Crippen LogP contribution is -2.49. The van der Waals surface area contributed by atoms with E-state index >= 15 is 0 Å². The third kappa shape index (κ3) is 3.85. The summed E-state index contributed by atoms with van der Waals surface area (Å²) in [6.07, 6.45) is -4.40. The summed E-state index contributed by atoms with van der Waals surface area (Å²) in [6, 6.07) is 14.4. The Labute approximate surface area is 144 Å². The van der Waals surface area contributed by atoms with Gasteiger partial charge in [0, 0.05) is 25.2 Å². The predicted octanol–water partition coefficient (Wildman–Crippen LogP) is 3.83. The molecule has 1 aliphatic heterocycles. The molecule has 2 aromatic rings. The first kappa shape index (κ1) is 17.5. The lowest BCUT2D eigenvalue weighted by molar-refractivity contribution is -0.137. The van der Waals surface area contributed by atoms with Gasteiger partial charge in [0.25, 0.3) is 5.91 Å². The number of nitrogens with zero attached hydrogens (tertiary/aromatic N) is 2. The predicted molar refractivity (Wildman–Crippen MR) is 89.2 cm³/mol. The molecule has 1 aliphatic rings. The fourth-order valence-corrected chi connectivity index (χ4v) is 3.08. The largest absolute Gasteiger partial charge is 0.416 e. The van der Waals surface area contributed by atoms with Crippen LogP contribution in [0.3, 0.4) is 0 Å². The highest BCUT2D eigenvalue weighted by Gasteiger charge is 2.32. The van der Waals surface area contributed by atoms with Gasteiger partial charge in [-0.3, -0.25) is 9.69 Å². The lowest BCUT2D eigenvalue weighted by atomic mass is 10.0. The standard InChI is InChI=1S/C19H19F3N2O/c1-23-11-12-24(13-17(23)14-5-3-2-4-6-14)18(25)15-7-9-16(10-8-15)19(20,21)22/h2-10,17H,11-13H2,1H3. The van der Waals surface area contributed by atoms with Gasteiger partial charge in [0.05, 0.1) is 11.6 Å². The first-order chi connectivity index (χ1) is 11.9. The Bertz CT molecular complexity index is 729. The molecule has 0 aromatic heterocycles. The van der Waals surface area contributed by atoms with Crippen LogP contribution in [0.15, 0.2) is 54.6 Å². The molecule has 25 heavy (non-hydrogen) atoms. The summed E-state index contributed by atoms with van der Waals surface area (Å²) < 4.78 is 38.0. The van der Waals surface area contributed by atoms with Crippen LogP contribution in [0.4, 0.5) is 13.2 Å². The summed E-state index contributed by atoms with van der Waals surface area (Å²) in [5.74, 6) is -0.234. The number of hydrogen-bond acceptors (Lipinski definition) is 2. The second-order valence-electron chi connectivity index (χ2n) is 6.23. The van der Waals surface area contributed by atoms with Gasteiger partial charge in [-0.15, -0.1) is 0 Å². The van der Waals surface area contributed by atoms with E-state index in [1.165, 1.54) is 12.1 Å². The zero-order valence-corrected chi connectivity index (χ0v) is 13.8. The molecule has 0 bridgehead atoms. The number of piperazine rings is 1. The number of benzene rings is 2. The number of rotatable bonds is 2. The van der Waals surface area contributed by atoms with Crippen LogP contribution < -0.4 is 0 Å². The Kier molecular flexibility index (Phi) is 4.81. The average Bonchev–Trinajstić information content (AvgIpc) is 2.62. The second-order valence-corrected chi connectivity index (χ2v) is 6.23. The van der Waals surface area contributed by atoms with Crippen molar-refractivity contribution in [1.29, 1.82) is 0 Å². The van der Waals surface area contributed by atoms with Gasteiger partial charge in [0.2, 0.25) is 0 Å². The highest BCUT2D eigenvalue weighted by Crippen LogP contribution is 2.30. The molecule has 0 spiro atoms. The van der Waals surface area contributed by atoms with Crippen LogP contribution in [0.1, 0.15) is 27.5 Å². The van der Waals surface area contributed by atoms with Gasteiger partial charge in [0.1, 0.15) is 0 Å². The molecule has 0 saturated carbocycles. The third-order valence-electron chi connectivity index (χ3n) is 4.58. The SMILES string of the molecule is CN1CCN(C(=O)c2ccc(C(F)(F)F)cc2)CC1c1ccccc1. The Morgan fingerprint density at radius 3 is 2.24 bits per heavy atom. The van der Waals surface area contributed by atoms with E-state index in [1.54, 1.807) is 4.90 Å². The first-order valence-electron chi connectivity index (χ1n) is 8.08. The van der Waals surface area contributed by atoms with E-state index in [0.717, 1.165) is 17.7 Å². The quantitative estimate of drug-likeness (QED) is 0.823. The van der Waals surface area contributed by atoms with Crippen molar-refractivity contribution in [3.8, 4) is 0 Å². The smallest absolute Gasteiger partial charge is 0.335 e. The first-order valence-corrected chi connectivity index (χ1v) is 8.08.